The Morgan fingerprint density at radius 1 is 1.31 bits per heavy atom. The van der Waals surface area contributed by atoms with Crippen LogP contribution in [0.5, 0.6) is 0 Å². The van der Waals surface area contributed by atoms with Gasteiger partial charge in [-0.25, -0.2) is 5.10 Å². The molecule has 16 heavy (non-hydrogen) atoms. The van der Waals surface area contributed by atoms with Gasteiger partial charge >= 0.3 is 0 Å². The fraction of sp³-hybridized carbons (Fsp3) is 0.818. The van der Waals surface area contributed by atoms with Gasteiger partial charge in [0.1, 0.15) is 0 Å². The van der Waals surface area contributed by atoms with Gasteiger partial charge in [0, 0.05) is 19.6 Å². The first kappa shape index (κ1) is 10.3. The van der Waals surface area contributed by atoms with Gasteiger partial charge in [0.15, 0.2) is 4.77 Å². The minimum Gasteiger partial charge on any atom is -0.338 e. The summed E-state index contributed by atoms with van der Waals surface area (Å²) in [5.74, 6) is 1.92. The van der Waals surface area contributed by atoms with E-state index in [-0.39, 0.29) is 0 Å². The van der Waals surface area contributed by atoms with Crippen LogP contribution >= 0.6 is 12.2 Å². The van der Waals surface area contributed by atoms with Crippen LogP contribution in [0.3, 0.4) is 0 Å². The van der Waals surface area contributed by atoms with E-state index in [1.165, 1.54) is 32.1 Å². The number of hydrogen-bond acceptors (Lipinski definition) is 3. The number of H-pyrrole nitrogens is 1. The van der Waals surface area contributed by atoms with Crippen molar-refractivity contribution < 1.29 is 0 Å². The number of anilines is 1. The molecule has 88 valence electrons. The Morgan fingerprint density at radius 3 is 2.88 bits per heavy atom. The van der Waals surface area contributed by atoms with Gasteiger partial charge in [-0.2, -0.15) is 0 Å². The molecule has 2 aliphatic rings. The Kier molecular flexibility index (Phi) is 2.50. The lowest BCUT2D eigenvalue weighted by Crippen LogP contribution is -2.36. The van der Waals surface area contributed by atoms with E-state index >= 15 is 0 Å². The molecule has 1 aromatic rings. The van der Waals surface area contributed by atoms with Crippen molar-refractivity contribution in [3.63, 3.8) is 0 Å². The first-order valence-electron chi connectivity index (χ1n) is 6.15. The maximum Gasteiger partial charge on any atom is 0.225 e. The average molecular weight is 238 g/mol. The smallest absolute Gasteiger partial charge is 0.225 e. The second-order valence-electron chi connectivity index (χ2n) is 4.98. The quantitative estimate of drug-likeness (QED) is 0.762. The second-order valence-corrected chi connectivity index (χ2v) is 5.37. The van der Waals surface area contributed by atoms with Crippen molar-refractivity contribution in [2.45, 2.75) is 38.1 Å². The molecule has 0 amide bonds. The maximum absolute atomic E-state index is 5.17. The highest BCUT2D eigenvalue weighted by Gasteiger charge is 2.37. The number of nitrogens with zero attached hydrogens (tertiary/aromatic N) is 3. The van der Waals surface area contributed by atoms with E-state index in [0.717, 1.165) is 18.4 Å². The lowest BCUT2D eigenvalue weighted by molar-refractivity contribution is 0.340. The summed E-state index contributed by atoms with van der Waals surface area (Å²) >= 11 is 5.17. The van der Waals surface area contributed by atoms with Crippen LogP contribution in [-0.4, -0.2) is 27.4 Å². The molecule has 2 unspecified atom stereocenters. The predicted octanol–water partition coefficient (Wildman–Crippen LogP) is 2.25. The molecule has 0 aromatic carbocycles. The lowest BCUT2D eigenvalue weighted by atomic mass is 9.85. The highest BCUT2D eigenvalue weighted by Crippen LogP contribution is 2.37. The van der Waals surface area contributed by atoms with Crippen molar-refractivity contribution in [1.29, 1.82) is 0 Å². The van der Waals surface area contributed by atoms with Crippen LogP contribution in [0.15, 0.2) is 0 Å². The van der Waals surface area contributed by atoms with Crippen molar-refractivity contribution in [3.05, 3.63) is 4.77 Å². The van der Waals surface area contributed by atoms with E-state index < -0.39 is 0 Å². The van der Waals surface area contributed by atoms with Crippen LogP contribution in [0, 0.1) is 10.7 Å². The first-order valence-corrected chi connectivity index (χ1v) is 6.56. The highest BCUT2D eigenvalue weighted by molar-refractivity contribution is 7.71. The van der Waals surface area contributed by atoms with E-state index in [9.17, 15) is 0 Å². The molecule has 1 saturated carbocycles. The van der Waals surface area contributed by atoms with Crippen LogP contribution in [0.2, 0.25) is 0 Å². The van der Waals surface area contributed by atoms with Crippen LogP contribution in [0.25, 0.3) is 0 Å². The van der Waals surface area contributed by atoms with Crippen LogP contribution in [0.1, 0.15) is 32.1 Å². The number of rotatable bonds is 1. The third-order valence-corrected chi connectivity index (χ3v) is 4.49. The van der Waals surface area contributed by atoms with Crippen molar-refractivity contribution in [2.24, 2.45) is 13.0 Å². The molecular formula is C11H18N4S. The molecule has 2 atom stereocenters. The molecule has 1 saturated heterocycles. The van der Waals surface area contributed by atoms with Gasteiger partial charge in [-0.05, 0) is 37.4 Å². The Labute approximate surface area is 101 Å². The Hall–Kier alpha value is -0.840. The monoisotopic (exact) mass is 238 g/mol. The van der Waals surface area contributed by atoms with E-state index in [1.807, 2.05) is 11.6 Å². The Bertz CT molecular complexity index is 435. The molecule has 1 aliphatic carbocycles. The van der Waals surface area contributed by atoms with E-state index in [1.54, 1.807) is 0 Å². The summed E-state index contributed by atoms with van der Waals surface area (Å²) in [6.07, 6.45) is 6.82. The van der Waals surface area contributed by atoms with Gasteiger partial charge in [0.2, 0.25) is 5.95 Å². The van der Waals surface area contributed by atoms with Crippen LogP contribution < -0.4 is 4.90 Å². The molecule has 1 aliphatic heterocycles. The summed E-state index contributed by atoms with van der Waals surface area (Å²) < 4.78 is 2.71. The SMILES string of the molecule is Cn1c(N2CCC3CCCCC32)n[nH]c1=S. The highest BCUT2D eigenvalue weighted by atomic mass is 32.1. The summed E-state index contributed by atoms with van der Waals surface area (Å²) in [7, 11) is 2.00. The number of aromatic amines is 1. The van der Waals surface area contributed by atoms with Crippen molar-refractivity contribution in [1.82, 2.24) is 14.8 Å². The Balaban J connectivity index is 1.90. The number of fused-ring (bicyclic) bond motifs is 1. The van der Waals surface area contributed by atoms with Gasteiger partial charge < -0.3 is 4.90 Å². The fourth-order valence-corrected chi connectivity index (χ4v) is 3.38. The van der Waals surface area contributed by atoms with Gasteiger partial charge in [-0.15, -0.1) is 5.10 Å². The molecule has 4 nitrogen and oxygen atoms in total. The number of hydrogen-bond donors (Lipinski definition) is 1. The molecule has 1 aromatic heterocycles. The van der Waals surface area contributed by atoms with Crippen molar-refractivity contribution >= 4 is 18.2 Å². The maximum atomic E-state index is 5.17. The molecule has 2 fully saturated rings. The summed E-state index contributed by atoms with van der Waals surface area (Å²) in [6, 6.07) is 0.706. The normalized spacial score (nSPS) is 29.4. The number of nitrogens with one attached hydrogen (secondary N) is 1. The van der Waals surface area contributed by atoms with Gasteiger partial charge in [-0.3, -0.25) is 4.57 Å². The van der Waals surface area contributed by atoms with Crippen molar-refractivity contribution in [2.75, 3.05) is 11.4 Å². The summed E-state index contributed by atoms with van der Waals surface area (Å²) in [6.45, 7) is 1.14. The zero-order valence-electron chi connectivity index (χ0n) is 9.65. The first-order chi connectivity index (χ1) is 7.77. The second kappa shape index (κ2) is 3.87. The lowest BCUT2D eigenvalue weighted by Gasteiger charge is -2.31. The fourth-order valence-electron chi connectivity index (χ4n) is 3.25. The molecule has 2 heterocycles. The van der Waals surface area contributed by atoms with Gasteiger partial charge in [0.25, 0.3) is 0 Å². The zero-order chi connectivity index (χ0) is 11.1. The molecular weight excluding hydrogens is 220 g/mol. The third kappa shape index (κ3) is 1.49. The summed E-state index contributed by atoms with van der Waals surface area (Å²) in [5, 5.41) is 7.24. The largest absolute Gasteiger partial charge is 0.338 e. The minimum absolute atomic E-state index is 0.706. The van der Waals surface area contributed by atoms with Crippen molar-refractivity contribution in [3.8, 4) is 0 Å². The minimum atomic E-state index is 0.706. The Morgan fingerprint density at radius 2 is 2.12 bits per heavy atom. The topological polar surface area (TPSA) is 36.9 Å². The van der Waals surface area contributed by atoms with E-state index in [4.69, 9.17) is 12.2 Å². The predicted molar refractivity (Wildman–Crippen MR) is 66.1 cm³/mol. The standard InChI is InChI=1S/C11H18N4S/c1-14-10(12-13-11(14)16)15-7-6-8-4-2-3-5-9(8)15/h8-9H,2-7H2,1H3,(H,13,16). The summed E-state index contributed by atoms with van der Waals surface area (Å²) in [5.41, 5.74) is 0. The molecule has 1 N–H and O–H groups in total. The van der Waals surface area contributed by atoms with E-state index in [0.29, 0.717) is 10.8 Å². The molecule has 3 rings (SSSR count). The third-order valence-electron chi connectivity index (χ3n) is 4.12. The van der Waals surface area contributed by atoms with Gasteiger partial charge in [-0.1, -0.05) is 12.8 Å². The molecule has 5 heteroatoms. The average Bonchev–Trinajstić information content (AvgIpc) is 2.85. The van der Waals surface area contributed by atoms with E-state index in [2.05, 4.69) is 15.1 Å². The zero-order valence-corrected chi connectivity index (χ0v) is 10.5. The summed E-state index contributed by atoms with van der Waals surface area (Å²) in [4.78, 5) is 2.45. The molecule has 0 spiro atoms. The number of aromatic nitrogens is 3. The molecule has 0 bridgehead atoms. The van der Waals surface area contributed by atoms with Crippen LogP contribution in [0.4, 0.5) is 5.95 Å². The van der Waals surface area contributed by atoms with Crippen LogP contribution in [-0.2, 0) is 7.05 Å². The van der Waals surface area contributed by atoms with Gasteiger partial charge in [0.05, 0.1) is 0 Å². The molecule has 0 radical (unpaired) electrons.